The van der Waals surface area contributed by atoms with Gasteiger partial charge in [-0.25, -0.2) is 4.79 Å². The van der Waals surface area contributed by atoms with Gasteiger partial charge in [0.15, 0.2) is 0 Å². The second-order valence-electron chi connectivity index (χ2n) is 6.70. The Kier molecular flexibility index (Phi) is 6.08. The SMILES string of the molecule is C[C@@H](CNCCNC(=O)OCC1c2ccccc2-c2ccccc21)C(=O)O. The molecule has 0 bridgehead atoms. The lowest BCUT2D eigenvalue weighted by Gasteiger charge is -2.15. The molecule has 0 radical (unpaired) electrons. The van der Waals surface area contributed by atoms with E-state index in [0.29, 0.717) is 19.6 Å². The third kappa shape index (κ3) is 4.46. The van der Waals surface area contributed by atoms with Crippen LogP contribution in [0, 0.1) is 5.92 Å². The standard InChI is InChI=1S/C21H24N2O4/c1-14(20(24)25)12-22-10-11-23-21(26)27-13-19-17-8-4-2-6-15(17)16-7-3-5-9-18(16)19/h2-9,14,19,22H,10-13H2,1H3,(H,23,26)(H,24,25)/t14-/m0/s1. The molecule has 1 amide bonds. The summed E-state index contributed by atoms with van der Waals surface area (Å²) in [6, 6.07) is 16.4. The lowest BCUT2D eigenvalue weighted by atomic mass is 9.98. The Morgan fingerprint density at radius 3 is 2.22 bits per heavy atom. The highest BCUT2D eigenvalue weighted by Gasteiger charge is 2.28. The first-order valence-electron chi connectivity index (χ1n) is 9.10. The van der Waals surface area contributed by atoms with E-state index in [1.807, 2.05) is 24.3 Å². The number of rotatable bonds is 8. The first kappa shape index (κ1) is 18.9. The number of carbonyl (C=O) groups is 2. The van der Waals surface area contributed by atoms with Crippen LogP contribution in [0.3, 0.4) is 0 Å². The molecule has 1 aliphatic rings. The Morgan fingerprint density at radius 1 is 1.04 bits per heavy atom. The monoisotopic (exact) mass is 368 g/mol. The highest BCUT2D eigenvalue weighted by molar-refractivity contribution is 5.79. The molecule has 0 saturated carbocycles. The van der Waals surface area contributed by atoms with Gasteiger partial charge in [0.1, 0.15) is 6.61 Å². The predicted molar refractivity (Wildman–Crippen MR) is 103 cm³/mol. The van der Waals surface area contributed by atoms with Crippen LogP contribution >= 0.6 is 0 Å². The minimum absolute atomic E-state index is 0.0395. The van der Waals surface area contributed by atoms with Crippen LogP contribution in [0.15, 0.2) is 48.5 Å². The number of carboxylic acids is 1. The van der Waals surface area contributed by atoms with Crippen molar-refractivity contribution in [2.45, 2.75) is 12.8 Å². The maximum absolute atomic E-state index is 12.0. The number of ether oxygens (including phenoxy) is 1. The van der Waals surface area contributed by atoms with Crippen LogP contribution in [0.4, 0.5) is 4.79 Å². The maximum atomic E-state index is 12.0. The van der Waals surface area contributed by atoms with Gasteiger partial charge in [0.2, 0.25) is 0 Å². The molecular formula is C21H24N2O4. The van der Waals surface area contributed by atoms with E-state index in [0.717, 1.165) is 0 Å². The van der Waals surface area contributed by atoms with Crippen molar-refractivity contribution < 1.29 is 19.4 Å². The van der Waals surface area contributed by atoms with E-state index in [1.54, 1.807) is 6.92 Å². The average Bonchev–Trinajstić information content (AvgIpc) is 3.00. The van der Waals surface area contributed by atoms with E-state index in [9.17, 15) is 9.59 Å². The fourth-order valence-electron chi connectivity index (χ4n) is 3.31. The van der Waals surface area contributed by atoms with Crippen molar-refractivity contribution in [1.29, 1.82) is 0 Å². The highest BCUT2D eigenvalue weighted by atomic mass is 16.5. The van der Waals surface area contributed by atoms with E-state index in [1.165, 1.54) is 22.3 Å². The van der Waals surface area contributed by atoms with Crippen molar-refractivity contribution in [2.24, 2.45) is 5.92 Å². The normalized spacial score (nSPS) is 13.5. The van der Waals surface area contributed by atoms with Crippen molar-refractivity contribution in [3.8, 4) is 11.1 Å². The quantitative estimate of drug-likeness (QED) is 0.624. The van der Waals surface area contributed by atoms with Gasteiger partial charge in [-0.15, -0.1) is 0 Å². The second kappa shape index (κ2) is 8.68. The summed E-state index contributed by atoms with van der Waals surface area (Å²) in [5, 5.41) is 14.5. The van der Waals surface area contributed by atoms with Crippen molar-refractivity contribution in [3.05, 3.63) is 59.7 Å². The zero-order valence-corrected chi connectivity index (χ0v) is 15.3. The van der Waals surface area contributed by atoms with Gasteiger partial charge in [-0.05, 0) is 22.3 Å². The fourth-order valence-corrected chi connectivity index (χ4v) is 3.31. The van der Waals surface area contributed by atoms with Crippen molar-refractivity contribution >= 4 is 12.1 Å². The van der Waals surface area contributed by atoms with E-state index >= 15 is 0 Å². The molecule has 0 saturated heterocycles. The third-order valence-electron chi connectivity index (χ3n) is 4.79. The lowest BCUT2D eigenvalue weighted by molar-refractivity contribution is -0.140. The minimum Gasteiger partial charge on any atom is -0.481 e. The molecule has 6 nitrogen and oxygen atoms in total. The summed E-state index contributed by atoms with van der Waals surface area (Å²) in [5.41, 5.74) is 4.74. The average molecular weight is 368 g/mol. The summed E-state index contributed by atoms with van der Waals surface area (Å²) in [6.45, 7) is 3.14. The van der Waals surface area contributed by atoms with Gasteiger partial charge in [0.25, 0.3) is 0 Å². The fraction of sp³-hybridized carbons (Fsp3) is 0.333. The van der Waals surface area contributed by atoms with Crippen LogP contribution in [0.25, 0.3) is 11.1 Å². The Morgan fingerprint density at radius 2 is 1.63 bits per heavy atom. The summed E-state index contributed by atoms with van der Waals surface area (Å²) in [4.78, 5) is 22.7. The number of hydrogen-bond donors (Lipinski definition) is 3. The predicted octanol–water partition coefficient (Wildman–Crippen LogP) is 2.84. The summed E-state index contributed by atoms with van der Waals surface area (Å²) < 4.78 is 5.43. The first-order valence-corrected chi connectivity index (χ1v) is 9.10. The number of carboxylic acid groups (broad SMARTS) is 1. The van der Waals surface area contributed by atoms with Gasteiger partial charge in [-0.1, -0.05) is 55.5 Å². The van der Waals surface area contributed by atoms with Gasteiger partial charge in [0.05, 0.1) is 5.92 Å². The summed E-state index contributed by atoms with van der Waals surface area (Å²) in [7, 11) is 0. The molecule has 0 unspecified atom stereocenters. The van der Waals surface area contributed by atoms with E-state index < -0.39 is 18.0 Å². The number of fused-ring (bicyclic) bond motifs is 3. The molecule has 2 aromatic rings. The van der Waals surface area contributed by atoms with Gasteiger partial charge in [-0.2, -0.15) is 0 Å². The molecule has 0 aromatic heterocycles. The molecule has 0 fully saturated rings. The van der Waals surface area contributed by atoms with Crippen LogP contribution in [-0.2, 0) is 9.53 Å². The molecule has 2 aromatic carbocycles. The van der Waals surface area contributed by atoms with E-state index in [2.05, 4.69) is 34.9 Å². The number of nitrogens with one attached hydrogen (secondary N) is 2. The molecule has 142 valence electrons. The Balaban J connectivity index is 1.48. The summed E-state index contributed by atoms with van der Waals surface area (Å²) in [6.07, 6.45) is -0.468. The van der Waals surface area contributed by atoms with Crippen molar-refractivity contribution in [2.75, 3.05) is 26.2 Å². The van der Waals surface area contributed by atoms with Gasteiger partial charge >= 0.3 is 12.1 Å². The molecule has 27 heavy (non-hydrogen) atoms. The molecule has 1 atom stereocenters. The van der Waals surface area contributed by atoms with Gasteiger partial charge < -0.3 is 20.5 Å². The topological polar surface area (TPSA) is 87.7 Å². The molecule has 0 heterocycles. The maximum Gasteiger partial charge on any atom is 0.407 e. The minimum atomic E-state index is -0.841. The van der Waals surface area contributed by atoms with Crippen LogP contribution < -0.4 is 10.6 Å². The Labute approximate surface area is 158 Å². The smallest absolute Gasteiger partial charge is 0.407 e. The number of benzene rings is 2. The zero-order chi connectivity index (χ0) is 19.2. The number of alkyl carbamates (subject to hydrolysis) is 1. The number of aliphatic carboxylic acids is 1. The second-order valence-corrected chi connectivity index (χ2v) is 6.70. The largest absolute Gasteiger partial charge is 0.481 e. The number of amides is 1. The summed E-state index contributed by atoms with van der Waals surface area (Å²) >= 11 is 0. The molecule has 3 N–H and O–H groups in total. The van der Waals surface area contributed by atoms with E-state index in [-0.39, 0.29) is 12.5 Å². The van der Waals surface area contributed by atoms with Gasteiger partial charge in [-0.3, -0.25) is 4.79 Å². The van der Waals surface area contributed by atoms with Crippen LogP contribution in [-0.4, -0.2) is 43.4 Å². The third-order valence-corrected chi connectivity index (χ3v) is 4.79. The molecule has 6 heteroatoms. The molecule has 0 spiro atoms. The molecule has 3 rings (SSSR count). The lowest BCUT2D eigenvalue weighted by Crippen LogP contribution is -2.35. The van der Waals surface area contributed by atoms with Crippen LogP contribution in [0.2, 0.25) is 0 Å². The van der Waals surface area contributed by atoms with Crippen molar-refractivity contribution in [1.82, 2.24) is 10.6 Å². The highest BCUT2D eigenvalue weighted by Crippen LogP contribution is 2.44. The van der Waals surface area contributed by atoms with Crippen molar-refractivity contribution in [3.63, 3.8) is 0 Å². The Hall–Kier alpha value is -2.86. The molecular weight excluding hydrogens is 344 g/mol. The van der Waals surface area contributed by atoms with Crippen LogP contribution in [0.1, 0.15) is 24.0 Å². The van der Waals surface area contributed by atoms with Gasteiger partial charge in [0, 0.05) is 25.6 Å². The molecule has 0 aliphatic heterocycles. The zero-order valence-electron chi connectivity index (χ0n) is 15.3. The number of carbonyl (C=O) groups excluding carboxylic acids is 1. The molecule has 1 aliphatic carbocycles. The number of hydrogen-bond acceptors (Lipinski definition) is 4. The Bertz CT molecular complexity index is 776. The van der Waals surface area contributed by atoms with E-state index in [4.69, 9.17) is 9.84 Å². The summed E-state index contributed by atoms with van der Waals surface area (Å²) in [5.74, 6) is -1.26. The van der Waals surface area contributed by atoms with Crippen LogP contribution in [0.5, 0.6) is 0 Å². The first-order chi connectivity index (χ1) is 13.1.